The zero-order chi connectivity index (χ0) is 15.7. The van der Waals surface area contributed by atoms with Crippen molar-refractivity contribution < 1.29 is 15.0 Å². The number of anilines is 2. The Bertz CT molecular complexity index is 545. The summed E-state index contributed by atoms with van der Waals surface area (Å²) < 4.78 is 0. The molecule has 1 aliphatic rings. The number of nitrogens with zero attached hydrogens (tertiary/aromatic N) is 2. The van der Waals surface area contributed by atoms with E-state index in [1.807, 2.05) is 20.2 Å². The van der Waals surface area contributed by atoms with E-state index in [9.17, 15) is 15.0 Å². The van der Waals surface area contributed by atoms with Crippen LogP contribution in [0.1, 0.15) is 22.3 Å². The van der Waals surface area contributed by atoms with Gasteiger partial charge in [-0.1, -0.05) is 0 Å². The first-order valence-corrected chi connectivity index (χ1v) is 7.02. The predicted molar refractivity (Wildman–Crippen MR) is 82.9 cm³/mol. The Hall–Kier alpha value is -1.79. The molecule has 1 heterocycles. The van der Waals surface area contributed by atoms with Gasteiger partial charge in [-0.2, -0.15) is 0 Å². The lowest BCUT2D eigenvalue weighted by Gasteiger charge is -2.29. The van der Waals surface area contributed by atoms with E-state index in [1.165, 1.54) is 0 Å². The molecule has 1 aliphatic heterocycles. The maximum absolute atomic E-state index is 11.3. The van der Waals surface area contributed by atoms with Gasteiger partial charge in [-0.15, -0.1) is 0 Å². The van der Waals surface area contributed by atoms with Gasteiger partial charge >= 0.3 is 5.97 Å². The SMILES string of the molecule is Cc1cc(N2CC(O)CC2CN(C)C)cc(C(=O)O)c1N. The summed E-state index contributed by atoms with van der Waals surface area (Å²) in [6.45, 7) is 3.13. The second-order valence-corrected chi connectivity index (χ2v) is 5.99. The van der Waals surface area contributed by atoms with Gasteiger partial charge in [0.15, 0.2) is 0 Å². The average Bonchev–Trinajstić information content (AvgIpc) is 2.72. The van der Waals surface area contributed by atoms with Crippen molar-refractivity contribution in [3.63, 3.8) is 0 Å². The van der Waals surface area contributed by atoms with Gasteiger partial charge in [-0.05, 0) is 45.1 Å². The third-order valence-corrected chi connectivity index (χ3v) is 3.90. The van der Waals surface area contributed by atoms with Crippen molar-refractivity contribution in [1.82, 2.24) is 4.90 Å². The number of nitrogen functional groups attached to an aromatic ring is 1. The molecule has 0 aromatic heterocycles. The van der Waals surface area contributed by atoms with Crippen LogP contribution < -0.4 is 10.6 Å². The lowest BCUT2D eigenvalue weighted by Crippen LogP contribution is -2.37. The van der Waals surface area contributed by atoms with Gasteiger partial charge in [0.05, 0.1) is 11.7 Å². The topological polar surface area (TPSA) is 90.0 Å². The lowest BCUT2D eigenvalue weighted by atomic mass is 10.1. The summed E-state index contributed by atoms with van der Waals surface area (Å²) in [5.41, 5.74) is 7.81. The van der Waals surface area contributed by atoms with Crippen LogP contribution in [0, 0.1) is 6.92 Å². The molecule has 1 fully saturated rings. The number of nitrogens with two attached hydrogens (primary N) is 1. The second-order valence-electron chi connectivity index (χ2n) is 5.99. The first kappa shape index (κ1) is 15.6. The number of aryl methyl sites for hydroxylation is 1. The summed E-state index contributed by atoms with van der Waals surface area (Å²) in [6, 6.07) is 3.66. The van der Waals surface area contributed by atoms with Crippen LogP contribution in [0.2, 0.25) is 0 Å². The number of aliphatic hydroxyl groups is 1. The number of hydrogen-bond donors (Lipinski definition) is 3. The maximum Gasteiger partial charge on any atom is 0.337 e. The molecule has 1 saturated heterocycles. The van der Waals surface area contributed by atoms with Crippen LogP contribution in [0.15, 0.2) is 12.1 Å². The van der Waals surface area contributed by atoms with Crippen LogP contribution in [0.5, 0.6) is 0 Å². The van der Waals surface area contributed by atoms with Crippen LogP contribution in [0.25, 0.3) is 0 Å². The van der Waals surface area contributed by atoms with E-state index in [4.69, 9.17) is 5.73 Å². The molecule has 0 aliphatic carbocycles. The van der Waals surface area contributed by atoms with Gasteiger partial charge in [0.25, 0.3) is 0 Å². The van der Waals surface area contributed by atoms with E-state index in [0.717, 1.165) is 17.8 Å². The summed E-state index contributed by atoms with van der Waals surface area (Å²) in [5.74, 6) is -1.03. The molecule has 2 atom stereocenters. The lowest BCUT2D eigenvalue weighted by molar-refractivity contribution is 0.0698. The first-order valence-electron chi connectivity index (χ1n) is 7.02. The number of carbonyl (C=O) groups is 1. The number of aromatic carboxylic acids is 1. The zero-order valence-electron chi connectivity index (χ0n) is 12.7. The molecule has 0 spiro atoms. The number of β-amino-alcohol motifs (C(OH)–C–C–N with tert-alkyl or cyclic N) is 1. The predicted octanol–water partition coefficient (Wildman–Crippen LogP) is 0.777. The molecule has 6 heteroatoms. The van der Waals surface area contributed by atoms with Crippen molar-refractivity contribution in [3.05, 3.63) is 23.3 Å². The fraction of sp³-hybridized carbons (Fsp3) is 0.533. The minimum atomic E-state index is -1.03. The fourth-order valence-corrected chi connectivity index (χ4v) is 2.92. The molecule has 1 aromatic rings. The Morgan fingerprint density at radius 2 is 2.14 bits per heavy atom. The third kappa shape index (κ3) is 3.28. The van der Waals surface area contributed by atoms with E-state index >= 15 is 0 Å². The number of aliphatic hydroxyl groups excluding tert-OH is 1. The average molecular weight is 293 g/mol. The van der Waals surface area contributed by atoms with Crippen molar-refractivity contribution in [2.24, 2.45) is 0 Å². The van der Waals surface area contributed by atoms with Crippen molar-refractivity contribution in [2.75, 3.05) is 37.8 Å². The van der Waals surface area contributed by atoms with Crippen LogP contribution in [-0.2, 0) is 0 Å². The Labute approximate surface area is 124 Å². The highest BCUT2D eigenvalue weighted by molar-refractivity contribution is 5.95. The number of rotatable bonds is 4. The third-order valence-electron chi connectivity index (χ3n) is 3.90. The molecule has 4 N–H and O–H groups in total. The second kappa shape index (κ2) is 5.91. The highest BCUT2D eigenvalue weighted by Gasteiger charge is 2.32. The van der Waals surface area contributed by atoms with Crippen LogP contribution >= 0.6 is 0 Å². The fourth-order valence-electron chi connectivity index (χ4n) is 2.92. The minimum Gasteiger partial charge on any atom is -0.478 e. The minimum absolute atomic E-state index is 0.120. The molecule has 0 bridgehead atoms. The van der Waals surface area contributed by atoms with E-state index in [-0.39, 0.29) is 17.7 Å². The molecule has 0 saturated carbocycles. The number of likely N-dealkylation sites (N-methyl/N-ethyl adjacent to an activating group) is 1. The Morgan fingerprint density at radius 1 is 1.48 bits per heavy atom. The summed E-state index contributed by atoms with van der Waals surface area (Å²) >= 11 is 0. The largest absolute Gasteiger partial charge is 0.478 e. The monoisotopic (exact) mass is 293 g/mol. The number of benzene rings is 1. The molecule has 2 unspecified atom stereocenters. The molecule has 0 amide bonds. The van der Waals surface area contributed by atoms with Gasteiger partial charge in [0.1, 0.15) is 0 Å². The van der Waals surface area contributed by atoms with Crippen LogP contribution in [-0.4, -0.2) is 60.4 Å². The van der Waals surface area contributed by atoms with Gasteiger partial charge in [0.2, 0.25) is 0 Å². The normalized spacial score (nSPS) is 22.0. The van der Waals surface area contributed by atoms with Gasteiger partial charge in [0, 0.05) is 30.5 Å². The van der Waals surface area contributed by atoms with Gasteiger partial charge < -0.3 is 25.7 Å². The summed E-state index contributed by atoms with van der Waals surface area (Å²) in [6.07, 6.45) is 0.297. The van der Waals surface area contributed by atoms with Crippen molar-refractivity contribution in [3.8, 4) is 0 Å². The summed E-state index contributed by atoms with van der Waals surface area (Å²) in [5, 5.41) is 19.2. The molecule has 2 rings (SSSR count). The standard InChI is InChI=1S/C15H23N3O3/c1-9-4-10(6-13(14(9)16)15(20)21)18-8-12(19)5-11(18)7-17(2)3/h4,6,11-12,19H,5,7-8,16H2,1-3H3,(H,20,21). The molecule has 1 aromatic carbocycles. The van der Waals surface area contributed by atoms with E-state index < -0.39 is 5.97 Å². The molecule has 116 valence electrons. The van der Waals surface area contributed by atoms with Crippen molar-refractivity contribution >= 4 is 17.3 Å². The highest BCUT2D eigenvalue weighted by atomic mass is 16.4. The van der Waals surface area contributed by atoms with Crippen molar-refractivity contribution in [1.29, 1.82) is 0 Å². The summed E-state index contributed by atoms with van der Waals surface area (Å²) in [7, 11) is 3.97. The summed E-state index contributed by atoms with van der Waals surface area (Å²) in [4.78, 5) is 15.4. The Balaban J connectivity index is 2.38. The Kier molecular flexibility index (Phi) is 4.39. The first-order chi connectivity index (χ1) is 9.79. The molecule has 6 nitrogen and oxygen atoms in total. The highest BCUT2D eigenvalue weighted by Crippen LogP contribution is 2.31. The molecular formula is C15H23N3O3. The maximum atomic E-state index is 11.3. The smallest absolute Gasteiger partial charge is 0.337 e. The Morgan fingerprint density at radius 3 is 2.71 bits per heavy atom. The van der Waals surface area contributed by atoms with Crippen LogP contribution in [0.3, 0.4) is 0 Å². The quantitative estimate of drug-likeness (QED) is 0.711. The molecule has 21 heavy (non-hydrogen) atoms. The van der Waals surface area contributed by atoms with Crippen molar-refractivity contribution in [2.45, 2.75) is 25.5 Å². The number of carboxylic acids is 1. The number of hydrogen-bond acceptors (Lipinski definition) is 5. The number of carboxylic acid groups (broad SMARTS) is 1. The van der Waals surface area contributed by atoms with E-state index in [2.05, 4.69) is 9.80 Å². The molecule has 0 radical (unpaired) electrons. The van der Waals surface area contributed by atoms with Crippen LogP contribution in [0.4, 0.5) is 11.4 Å². The van der Waals surface area contributed by atoms with E-state index in [1.54, 1.807) is 13.0 Å². The zero-order valence-corrected chi connectivity index (χ0v) is 12.7. The van der Waals surface area contributed by atoms with Gasteiger partial charge in [-0.25, -0.2) is 4.79 Å². The van der Waals surface area contributed by atoms with Gasteiger partial charge in [-0.3, -0.25) is 0 Å². The molecular weight excluding hydrogens is 270 g/mol. The van der Waals surface area contributed by atoms with E-state index in [0.29, 0.717) is 18.7 Å².